The average Bonchev–Trinajstić information content (AvgIpc) is 3.17. The van der Waals surface area contributed by atoms with Crippen LogP contribution in [-0.4, -0.2) is 61.8 Å². The lowest BCUT2D eigenvalue weighted by molar-refractivity contribution is -0.115. The smallest absolute Gasteiger partial charge is 0.387 e. The first kappa shape index (κ1) is 23.9. The normalized spacial score (nSPS) is 12.9. The Bertz CT molecular complexity index is 1210. The molecule has 0 spiro atoms. The number of amides is 1. The van der Waals surface area contributed by atoms with Crippen LogP contribution in [0.4, 0.5) is 23.2 Å². The van der Waals surface area contributed by atoms with Crippen molar-refractivity contribution in [3.8, 4) is 11.9 Å². The zero-order valence-electron chi connectivity index (χ0n) is 17.5. The minimum Gasteiger partial charge on any atom is -0.387 e. The molecule has 174 valence electrons. The Hall–Kier alpha value is -3.79. The molecular weight excluding hydrogens is 446 g/mol. The van der Waals surface area contributed by atoms with E-state index in [1.54, 1.807) is 0 Å². The number of hydrogen-bond donors (Lipinski definition) is 3. The number of fused-ring (bicyclic) bond motifs is 1. The van der Waals surface area contributed by atoms with Crippen LogP contribution in [0.15, 0.2) is 30.7 Å². The van der Waals surface area contributed by atoms with E-state index in [2.05, 4.69) is 25.7 Å². The van der Waals surface area contributed by atoms with Gasteiger partial charge in [0.1, 0.15) is 18.8 Å². The number of aromatic nitrogens is 4. The first-order valence-electron chi connectivity index (χ1n) is 9.58. The summed E-state index contributed by atoms with van der Waals surface area (Å²) in [6, 6.07) is 4.65. The number of alkyl halides is 4. The Kier molecular flexibility index (Phi) is 6.50. The second kappa shape index (κ2) is 8.99. The maximum atomic E-state index is 14.0. The van der Waals surface area contributed by atoms with Gasteiger partial charge in [-0.3, -0.25) is 4.79 Å². The molecule has 0 aromatic carbocycles. The summed E-state index contributed by atoms with van der Waals surface area (Å²) < 4.78 is 53.6. The van der Waals surface area contributed by atoms with E-state index in [1.165, 1.54) is 43.1 Å². The van der Waals surface area contributed by atoms with Gasteiger partial charge in [0.2, 0.25) is 0 Å². The van der Waals surface area contributed by atoms with Gasteiger partial charge in [-0.05, 0) is 19.9 Å². The van der Waals surface area contributed by atoms with E-state index < -0.39 is 36.9 Å². The van der Waals surface area contributed by atoms with E-state index in [9.17, 15) is 27.5 Å². The van der Waals surface area contributed by atoms with Crippen LogP contribution in [0.1, 0.15) is 29.8 Å². The van der Waals surface area contributed by atoms with Crippen LogP contribution >= 0.6 is 0 Å². The minimum atomic E-state index is -4.57. The number of rotatable bonds is 7. The van der Waals surface area contributed by atoms with Crippen molar-refractivity contribution in [3.63, 3.8) is 0 Å². The number of hydrogen-bond acceptors (Lipinski definition) is 7. The number of nitriles is 1. The quantitative estimate of drug-likeness (QED) is 0.457. The number of carbonyl (C=O) groups excluding carboxylic acids is 1. The molecule has 0 saturated carbocycles. The summed E-state index contributed by atoms with van der Waals surface area (Å²) in [4.78, 5) is 20.7. The number of aliphatic hydroxyl groups is 1. The molecule has 3 aromatic heterocycles. The van der Waals surface area contributed by atoms with Gasteiger partial charge in [-0.2, -0.15) is 28.2 Å². The lowest BCUT2D eigenvalue weighted by Gasteiger charge is -2.22. The summed E-state index contributed by atoms with van der Waals surface area (Å²) in [7, 11) is 0. The fourth-order valence-corrected chi connectivity index (χ4v) is 2.76. The summed E-state index contributed by atoms with van der Waals surface area (Å²) in [5, 5.41) is 27.6. The van der Waals surface area contributed by atoms with Gasteiger partial charge in [0.25, 0.3) is 5.91 Å². The van der Waals surface area contributed by atoms with E-state index in [0.29, 0.717) is 16.6 Å². The molecule has 9 nitrogen and oxygen atoms in total. The predicted octanol–water partition coefficient (Wildman–Crippen LogP) is 2.50. The third kappa shape index (κ3) is 5.72. The molecule has 3 aromatic rings. The van der Waals surface area contributed by atoms with E-state index >= 15 is 0 Å². The van der Waals surface area contributed by atoms with Crippen molar-refractivity contribution in [3.05, 3.63) is 41.9 Å². The highest BCUT2D eigenvalue weighted by Gasteiger charge is 2.29. The Labute approximate surface area is 185 Å². The average molecular weight is 465 g/mol. The van der Waals surface area contributed by atoms with Crippen molar-refractivity contribution in [1.82, 2.24) is 25.1 Å². The number of halogens is 4. The molecular formula is C20H19F4N7O2. The SMILES string of the molecule is CC(C)(O)[C@H](F)CNC(=O)c1cnc(-n2ncc3cc(C#N)cnc32)cc1NCC(F)(F)F. The summed E-state index contributed by atoms with van der Waals surface area (Å²) >= 11 is 0. The number of nitrogens with one attached hydrogen (secondary N) is 2. The van der Waals surface area contributed by atoms with Crippen LogP contribution in [0.25, 0.3) is 16.9 Å². The highest BCUT2D eigenvalue weighted by Crippen LogP contribution is 2.24. The summed E-state index contributed by atoms with van der Waals surface area (Å²) in [5.74, 6) is -0.823. The molecule has 0 aliphatic rings. The molecule has 13 heteroatoms. The maximum Gasteiger partial charge on any atom is 0.405 e. The van der Waals surface area contributed by atoms with Gasteiger partial charge in [-0.15, -0.1) is 0 Å². The number of nitrogens with zero attached hydrogens (tertiary/aromatic N) is 5. The molecule has 3 heterocycles. The fourth-order valence-electron chi connectivity index (χ4n) is 2.76. The van der Waals surface area contributed by atoms with Gasteiger partial charge < -0.3 is 15.7 Å². The lowest BCUT2D eigenvalue weighted by Crippen LogP contribution is -2.42. The highest BCUT2D eigenvalue weighted by atomic mass is 19.4. The highest BCUT2D eigenvalue weighted by molar-refractivity contribution is 5.99. The predicted molar refractivity (Wildman–Crippen MR) is 109 cm³/mol. The van der Waals surface area contributed by atoms with Gasteiger partial charge in [-0.25, -0.2) is 14.4 Å². The molecule has 0 unspecified atom stereocenters. The van der Waals surface area contributed by atoms with Crippen LogP contribution in [0.3, 0.4) is 0 Å². The van der Waals surface area contributed by atoms with Gasteiger partial charge in [0.05, 0.1) is 35.2 Å². The van der Waals surface area contributed by atoms with Crippen molar-refractivity contribution in [2.75, 3.05) is 18.4 Å². The topological polar surface area (TPSA) is 129 Å². The van der Waals surface area contributed by atoms with Crippen LogP contribution in [0.5, 0.6) is 0 Å². The second-order valence-electron chi connectivity index (χ2n) is 7.69. The van der Waals surface area contributed by atoms with Crippen molar-refractivity contribution in [2.24, 2.45) is 0 Å². The monoisotopic (exact) mass is 465 g/mol. The number of pyridine rings is 2. The van der Waals surface area contributed by atoms with Crippen LogP contribution < -0.4 is 10.6 Å². The van der Waals surface area contributed by atoms with Crippen molar-refractivity contribution in [2.45, 2.75) is 31.8 Å². The molecule has 0 bridgehead atoms. The third-order valence-electron chi connectivity index (χ3n) is 4.58. The van der Waals surface area contributed by atoms with Crippen molar-refractivity contribution >= 4 is 22.6 Å². The van der Waals surface area contributed by atoms with Gasteiger partial charge >= 0.3 is 6.18 Å². The second-order valence-corrected chi connectivity index (χ2v) is 7.69. The lowest BCUT2D eigenvalue weighted by atomic mass is 10.0. The summed E-state index contributed by atoms with van der Waals surface area (Å²) in [6.07, 6.45) is -2.64. The molecule has 0 radical (unpaired) electrons. The van der Waals surface area contributed by atoms with Crippen LogP contribution in [-0.2, 0) is 0 Å². The molecule has 3 N–H and O–H groups in total. The maximum absolute atomic E-state index is 14.0. The van der Waals surface area contributed by atoms with E-state index in [-0.39, 0.29) is 17.1 Å². The molecule has 33 heavy (non-hydrogen) atoms. The third-order valence-corrected chi connectivity index (χ3v) is 4.58. The Morgan fingerprint density at radius 1 is 1.24 bits per heavy atom. The van der Waals surface area contributed by atoms with Crippen molar-refractivity contribution < 1.29 is 27.5 Å². The molecule has 0 aliphatic heterocycles. The van der Waals surface area contributed by atoms with Crippen molar-refractivity contribution in [1.29, 1.82) is 5.26 Å². The molecule has 0 fully saturated rings. The standard InChI is InChI=1S/C20H19F4N7O2/c1-19(2,33)15(21)9-28-18(32)13-8-26-16(4-14(13)29-10-20(22,23)24)31-17-12(7-30-31)3-11(5-25)6-27-17/h3-4,6-8,15,33H,9-10H2,1-2H3,(H,26,29)(H,28,32)/t15-/m1/s1. The molecule has 1 atom stereocenters. The Morgan fingerprint density at radius 2 is 1.97 bits per heavy atom. The van der Waals surface area contributed by atoms with E-state index in [0.717, 1.165) is 6.20 Å². The first-order valence-corrected chi connectivity index (χ1v) is 9.58. The fraction of sp³-hybridized carbons (Fsp3) is 0.350. The Balaban J connectivity index is 1.95. The summed E-state index contributed by atoms with van der Waals surface area (Å²) in [5.41, 5.74) is -1.60. The van der Waals surface area contributed by atoms with E-state index in [4.69, 9.17) is 5.26 Å². The van der Waals surface area contributed by atoms with Gasteiger partial charge in [-0.1, -0.05) is 0 Å². The van der Waals surface area contributed by atoms with Gasteiger partial charge in [0.15, 0.2) is 11.5 Å². The zero-order chi connectivity index (χ0) is 24.4. The summed E-state index contributed by atoms with van der Waals surface area (Å²) in [6.45, 7) is 0.449. The molecule has 0 aliphatic carbocycles. The first-order chi connectivity index (χ1) is 15.4. The van der Waals surface area contributed by atoms with Crippen LogP contribution in [0, 0.1) is 11.3 Å². The molecule has 3 rings (SSSR count). The molecule has 0 saturated heterocycles. The van der Waals surface area contributed by atoms with Crippen LogP contribution in [0.2, 0.25) is 0 Å². The number of carbonyl (C=O) groups is 1. The largest absolute Gasteiger partial charge is 0.405 e. The molecule has 1 amide bonds. The Morgan fingerprint density at radius 3 is 2.61 bits per heavy atom. The van der Waals surface area contributed by atoms with Gasteiger partial charge in [0, 0.05) is 23.8 Å². The van der Waals surface area contributed by atoms with E-state index in [1.807, 2.05) is 6.07 Å². The number of anilines is 1. The zero-order valence-corrected chi connectivity index (χ0v) is 17.5. The minimum absolute atomic E-state index is 0.0586.